The minimum absolute atomic E-state index is 0.111. The molecule has 1 fully saturated rings. The van der Waals surface area contributed by atoms with E-state index in [0.717, 1.165) is 18.7 Å². The molecular formula is C15H19N3O2. The second-order valence-corrected chi connectivity index (χ2v) is 5.16. The predicted molar refractivity (Wildman–Crippen MR) is 78.8 cm³/mol. The summed E-state index contributed by atoms with van der Waals surface area (Å²) in [5, 5.41) is 3.88. The molecule has 2 amide bonds. The summed E-state index contributed by atoms with van der Waals surface area (Å²) in [6.07, 6.45) is 3.12. The fourth-order valence-corrected chi connectivity index (χ4v) is 2.05. The quantitative estimate of drug-likeness (QED) is 0.675. The van der Waals surface area contributed by atoms with Gasteiger partial charge in [0.2, 0.25) is 5.91 Å². The van der Waals surface area contributed by atoms with Crippen molar-refractivity contribution in [1.29, 1.82) is 0 Å². The third kappa shape index (κ3) is 3.44. The maximum absolute atomic E-state index is 11.9. The van der Waals surface area contributed by atoms with Gasteiger partial charge in [-0.15, -0.1) is 0 Å². The molecule has 0 radical (unpaired) electrons. The van der Waals surface area contributed by atoms with Gasteiger partial charge in [0.05, 0.1) is 0 Å². The highest BCUT2D eigenvalue weighted by molar-refractivity contribution is 5.99. The normalized spacial score (nSPS) is 15.3. The fourth-order valence-electron chi connectivity index (χ4n) is 2.05. The SMILES string of the molecule is CC(C)/C=N\NC(=O)c1cccc(N2CCCC2=O)c1. The molecule has 0 spiro atoms. The molecule has 0 bridgehead atoms. The second kappa shape index (κ2) is 6.32. The van der Waals surface area contributed by atoms with E-state index in [4.69, 9.17) is 0 Å². The van der Waals surface area contributed by atoms with Crippen molar-refractivity contribution in [3.8, 4) is 0 Å². The molecule has 0 aliphatic carbocycles. The van der Waals surface area contributed by atoms with Crippen LogP contribution < -0.4 is 10.3 Å². The van der Waals surface area contributed by atoms with Crippen LogP contribution in [-0.2, 0) is 4.79 Å². The number of nitrogens with one attached hydrogen (secondary N) is 1. The first-order valence-electron chi connectivity index (χ1n) is 6.82. The lowest BCUT2D eigenvalue weighted by molar-refractivity contribution is -0.117. The van der Waals surface area contributed by atoms with E-state index in [1.54, 1.807) is 29.3 Å². The fraction of sp³-hybridized carbons (Fsp3) is 0.400. The number of carbonyl (C=O) groups excluding carboxylic acids is 2. The Bertz CT molecular complexity index is 538. The molecule has 1 aliphatic heterocycles. The number of hydrazone groups is 1. The zero-order valence-corrected chi connectivity index (χ0v) is 11.8. The van der Waals surface area contributed by atoms with Gasteiger partial charge in [0.1, 0.15) is 0 Å². The molecule has 0 saturated carbocycles. The van der Waals surface area contributed by atoms with E-state index in [1.165, 1.54) is 0 Å². The van der Waals surface area contributed by atoms with Crippen LogP contribution in [0, 0.1) is 5.92 Å². The highest BCUT2D eigenvalue weighted by Crippen LogP contribution is 2.22. The third-order valence-corrected chi connectivity index (χ3v) is 3.03. The number of benzene rings is 1. The summed E-state index contributed by atoms with van der Waals surface area (Å²) in [5.41, 5.74) is 3.76. The maximum atomic E-state index is 11.9. The molecule has 1 aromatic carbocycles. The van der Waals surface area contributed by atoms with Crippen LogP contribution in [0.25, 0.3) is 0 Å². The average Bonchev–Trinajstić information content (AvgIpc) is 2.84. The van der Waals surface area contributed by atoms with Crippen LogP contribution in [0.4, 0.5) is 5.69 Å². The summed E-state index contributed by atoms with van der Waals surface area (Å²) < 4.78 is 0. The number of hydrogen-bond acceptors (Lipinski definition) is 3. The van der Waals surface area contributed by atoms with Crippen molar-refractivity contribution in [3.63, 3.8) is 0 Å². The van der Waals surface area contributed by atoms with Crippen molar-refractivity contribution in [1.82, 2.24) is 5.43 Å². The van der Waals surface area contributed by atoms with Crippen LogP contribution in [0.1, 0.15) is 37.0 Å². The molecule has 1 aliphatic rings. The molecule has 1 aromatic rings. The van der Waals surface area contributed by atoms with Gasteiger partial charge in [-0.25, -0.2) is 5.43 Å². The van der Waals surface area contributed by atoms with Gasteiger partial charge in [-0.1, -0.05) is 19.9 Å². The Hall–Kier alpha value is -2.17. The number of carbonyl (C=O) groups is 2. The van der Waals surface area contributed by atoms with Crippen molar-refractivity contribution >= 4 is 23.7 Å². The van der Waals surface area contributed by atoms with Crippen molar-refractivity contribution < 1.29 is 9.59 Å². The van der Waals surface area contributed by atoms with E-state index < -0.39 is 0 Å². The van der Waals surface area contributed by atoms with Gasteiger partial charge < -0.3 is 4.90 Å². The lowest BCUT2D eigenvalue weighted by Crippen LogP contribution is -2.24. The molecule has 1 heterocycles. The molecule has 0 aromatic heterocycles. The number of hydrogen-bond donors (Lipinski definition) is 1. The Balaban J connectivity index is 2.09. The first-order chi connectivity index (χ1) is 9.58. The van der Waals surface area contributed by atoms with E-state index in [0.29, 0.717) is 12.0 Å². The number of nitrogens with zero attached hydrogens (tertiary/aromatic N) is 2. The van der Waals surface area contributed by atoms with E-state index in [2.05, 4.69) is 10.5 Å². The molecule has 5 nitrogen and oxygen atoms in total. The minimum Gasteiger partial charge on any atom is -0.312 e. The number of rotatable bonds is 4. The van der Waals surface area contributed by atoms with Crippen molar-refractivity contribution in [2.24, 2.45) is 11.0 Å². The maximum Gasteiger partial charge on any atom is 0.271 e. The minimum atomic E-state index is -0.268. The Morgan fingerprint density at radius 2 is 2.25 bits per heavy atom. The predicted octanol–water partition coefficient (Wildman–Crippen LogP) is 2.19. The zero-order valence-electron chi connectivity index (χ0n) is 11.8. The lowest BCUT2D eigenvalue weighted by Gasteiger charge is -2.16. The monoisotopic (exact) mass is 273 g/mol. The van der Waals surface area contributed by atoms with Crippen LogP contribution in [0.15, 0.2) is 29.4 Å². The van der Waals surface area contributed by atoms with Gasteiger partial charge in [-0.2, -0.15) is 5.10 Å². The van der Waals surface area contributed by atoms with E-state index >= 15 is 0 Å². The van der Waals surface area contributed by atoms with Crippen LogP contribution >= 0.6 is 0 Å². The van der Waals surface area contributed by atoms with E-state index in [9.17, 15) is 9.59 Å². The van der Waals surface area contributed by atoms with Crippen LogP contribution in [0.2, 0.25) is 0 Å². The molecule has 0 atom stereocenters. The first kappa shape index (κ1) is 14.2. The van der Waals surface area contributed by atoms with E-state index in [-0.39, 0.29) is 17.7 Å². The topological polar surface area (TPSA) is 61.8 Å². The number of amides is 2. The van der Waals surface area contributed by atoms with Crippen LogP contribution in [0.3, 0.4) is 0 Å². The third-order valence-electron chi connectivity index (χ3n) is 3.03. The summed E-state index contributed by atoms with van der Waals surface area (Å²) in [5.74, 6) is 0.125. The largest absolute Gasteiger partial charge is 0.312 e. The molecule has 1 N–H and O–H groups in total. The summed E-state index contributed by atoms with van der Waals surface area (Å²) >= 11 is 0. The Labute approximate surface area is 118 Å². The van der Waals surface area contributed by atoms with Gasteiger partial charge in [-0.3, -0.25) is 9.59 Å². The average molecular weight is 273 g/mol. The Kier molecular flexibility index (Phi) is 4.50. The molecule has 5 heteroatoms. The molecule has 2 rings (SSSR count). The molecule has 20 heavy (non-hydrogen) atoms. The van der Waals surface area contributed by atoms with Crippen molar-refractivity contribution in [2.45, 2.75) is 26.7 Å². The number of anilines is 1. The van der Waals surface area contributed by atoms with Crippen molar-refractivity contribution in [2.75, 3.05) is 11.4 Å². The van der Waals surface area contributed by atoms with Crippen LogP contribution in [-0.4, -0.2) is 24.6 Å². The van der Waals surface area contributed by atoms with Crippen molar-refractivity contribution in [3.05, 3.63) is 29.8 Å². The van der Waals surface area contributed by atoms with Gasteiger partial charge in [0.15, 0.2) is 0 Å². The van der Waals surface area contributed by atoms with Crippen LogP contribution in [0.5, 0.6) is 0 Å². The smallest absolute Gasteiger partial charge is 0.271 e. The molecule has 0 unspecified atom stereocenters. The Morgan fingerprint density at radius 3 is 2.90 bits per heavy atom. The van der Waals surface area contributed by atoms with E-state index in [1.807, 2.05) is 19.9 Å². The summed E-state index contributed by atoms with van der Waals surface area (Å²) in [6, 6.07) is 7.06. The van der Waals surface area contributed by atoms with Gasteiger partial charge in [0.25, 0.3) is 5.91 Å². The van der Waals surface area contributed by atoms with Gasteiger partial charge in [-0.05, 0) is 30.5 Å². The summed E-state index contributed by atoms with van der Waals surface area (Å²) in [7, 11) is 0. The molecule has 106 valence electrons. The zero-order chi connectivity index (χ0) is 14.5. The first-order valence-corrected chi connectivity index (χ1v) is 6.82. The summed E-state index contributed by atoms with van der Waals surface area (Å²) in [4.78, 5) is 25.4. The lowest BCUT2D eigenvalue weighted by atomic mass is 10.2. The van der Waals surface area contributed by atoms with Gasteiger partial charge >= 0.3 is 0 Å². The molecule has 1 saturated heterocycles. The Morgan fingerprint density at radius 1 is 1.45 bits per heavy atom. The summed E-state index contributed by atoms with van der Waals surface area (Å²) in [6.45, 7) is 4.68. The second-order valence-electron chi connectivity index (χ2n) is 5.16. The highest BCUT2D eigenvalue weighted by Gasteiger charge is 2.22. The standard InChI is InChI=1S/C15H19N3O2/c1-11(2)10-16-17-15(20)12-5-3-6-13(9-12)18-8-4-7-14(18)19/h3,5-6,9-11H,4,7-8H2,1-2H3,(H,17,20)/b16-10-. The molecular weight excluding hydrogens is 254 g/mol. The highest BCUT2D eigenvalue weighted by atomic mass is 16.2. The van der Waals surface area contributed by atoms with Gasteiger partial charge in [0, 0.05) is 30.4 Å².